The fourth-order valence-corrected chi connectivity index (χ4v) is 1.81. The highest BCUT2D eigenvalue weighted by Crippen LogP contribution is 2.21. The lowest BCUT2D eigenvalue weighted by atomic mass is 10.1. The van der Waals surface area contributed by atoms with Crippen LogP contribution < -0.4 is 5.32 Å². The molecule has 0 radical (unpaired) electrons. The first kappa shape index (κ1) is 14.5. The molecule has 0 saturated carbocycles. The zero-order valence-corrected chi connectivity index (χ0v) is 10.8. The molecule has 108 valence electrons. The van der Waals surface area contributed by atoms with Crippen molar-refractivity contribution in [3.8, 4) is 5.75 Å². The predicted octanol–water partition coefficient (Wildman–Crippen LogP) is 2.41. The molecule has 0 aliphatic heterocycles. The smallest absolute Gasteiger partial charge is 0.339 e. The molecule has 0 saturated heterocycles. The van der Waals surface area contributed by atoms with Gasteiger partial charge in [0.1, 0.15) is 17.1 Å². The Kier molecular flexibility index (Phi) is 4.18. The summed E-state index contributed by atoms with van der Waals surface area (Å²) >= 11 is 0. The van der Waals surface area contributed by atoms with Crippen LogP contribution in [0.2, 0.25) is 0 Å². The number of hydrogen-bond acceptors (Lipinski definition) is 3. The van der Waals surface area contributed by atoms with Crippen LogP contribution >= 0.6 is 0 Å². The number of carboxylic acid groups (broad SMARTS) is 1. The average molecular weight is 289 g/mol. The second kappa shape index (κ2) is 6.04. The number of nitrogens with one attached hydrogen (secondary N) is 1. The van der Waals surface area contributed by atoms with E-state index in [2.05, 4.69) is 5.32 Å². The summed E-state index contributed by atoms with van der Waals surface area (Å²) in [4.78, 5) is 22.7. The van der Waals surface area contributed by atoms with Crippen molar-refractivity contribution in [1.82, 2.24) is 0 Å². The number of carboxylic acids is 1. The third-order valence-electron chi connectivity index (χ3n) is 2.82. The molecule has 0 unspecified atom stereocenters. The number of aromatic carboxylic acids is 1. The quantitative estimate of drug-likeness (QED) is 0.754. The van der Waals surface area contributed by atoms with E-state index < -0.39 is 23.4 Å². The van der Waals surface area contributed by atoms with Crippen LogP contribution in [0.1, 0.15) is 15.9 Å². The molecule has 0 aliphatic carbocycles. The van der Waals surface area contributed by atoms with E-state index in [1.807, 2.05) is 0 Å². The number of anilines is 1. The second-order valence-electron chi connectivity index (χ2n) is 4.35. The van der Waals surface area contributed by atoms with E-state index in [0.29, 0.717) is 0 Å². The summed E-state index contributed by atoms with van der Waals surface area (Å²) in [7, 11) is 0. The van der Waals surface area contributed by atoms with Gasteiger partial charge in [-0.25, -0.2) is 9.18 Å². The molecular formula is C15H12FNO4. The fraction of sp³-hybridized carbons (Fsp3) is 0.0667. The highest BCUT2D eigenvalue weighted by molar-refractivity contribution is 5.96. The van der Waals surface area contributed by atoms with Gasteiger partial charge in [-0.15, -0.1) is 0 Å². The lowest BCUT2D eigenvalue weighted by molar-refractivity contribution is -0.115. The Morgan fingerprint density at radius 2 is 1.86 bits per heavy atom. The van der Waals surface area contributed by atoms with Gasteiger partial charge in [-0.05, 0) is 29.8 Å². The first-order valence-electron chi connectivity index (χ1n) is 6.07. The summed E-state index contributed by atoms with van der Waals surface area (Å²) < 4.78 is 13.4. The minimum Gasteiger partial charge on any atom is -0.507 e. The molecule has 6 heteroatoms. The number of hydrogen-bond donors (Lipinski definition) is 3. The van der Waals surface area contributed by atoms with Crippen LogP contribution in [0.25, 0.3) is 0 Å². The number of carbonyl (C=O) groups is 2. The highest BCUT2D eigenvalue weighted by atomic mass is 19.1. The fourth-order valence-electron chi connectivity index (χ4n) is 1.81. The topological polar surface area (TPSA) is 86.6 Å². The molecule has 0 aromatic heterocycles. The summed E-state index contributed by atoms with van der Waals surface area (Å²) in [6.45, 7) is 0. The second-order valence-corrected chi connectivity index (χ2v) is 4.35. The maximum atomic E-state index is 13.4. The van der Waals surface area contributed by atoms with Crippen molar-refractivity contribution < 1.29 is 24.2 Å². The number of carbonyl (C=O) groups excluding carboxylic acids is 1. The zero-order chi connectivity index (χ0) is 15.4. The highest BCUT2D eigenvalue weighted by Gasteiger charge is 2.12. The van der Waals surface area contributed by atoms with Crippen LogP contribution in [0.3, 0.4) is 0 Å². The van der Waals surface area contributed by atoms with E-state index in [1.54, 1.807) is 6.07 Å². The van der Waals surface area contributed by atoms with Gasteiger partial charge in [0.05, 0.1) is 6.42 Å². The molecule has 0 bridgehead atoms. The van der Waals surface area contributed by atoms with E-state index in [0.717, 1.165) is 6.07 Å². The van der Waals surface area contributed by atoms with E-state index in [9.17, 15) is 19.1 Å². The predicted molar refractivity (Wildman–Crippen MR) is 73.8 cm³/mol. The lowest BCUT2D eigenvalue weighted by Crippen LogP contribution is -2.15. The number of amides is 1. The monoisotopic (exact) mass is 289 g/mol. The average Bonchev–Trinajstić information content (AvgIpc) is 2.43. The van der Waals surface area contributed by atoms with Crippen molar-refractivity contribution >= 4 is 17.6 Å². The molecule has 0 heterocycles. The van der Waals surface area contributed by atoms with E-state index in [-0.39, 0.29) is 23.2 Å². The van der Waals surface area contributed by atoms with Gasteiger partial charge >= 0.3 is 5.97 Å². The molecule has 0 aliphatic rings. The van der Waals surface area contributed by atoms with Gasteiger partial charge in [0, 0.05) is 5.69 Å². The maximum absolute atomic E-state index is 13.4. The molecule has 0 spiro atoms. The summed E-state index contributed by atoms with van der Waals surface area (Å²) in [6.07, 6.45) is -0.171. The Labute approximate surface area is 119 Å². The van der Waals surface area contributed by atoms with Crippen LogP contribution in [-0.4, -0.2) is 22.1 Å². The molecule has 2 rings (SSSR count). The summed E-state index contributed by atoms with van der Waals surface area (Å²) in [5, 5.41) is 20.7. The molecular weight excluding hydrogens is 277 g/mol. The number of benzene rings is 2. The number of halogens is 1. The number of rotatable bonds is 4. The van der Waals surface area contributed by atoms with Gasteiger partial charge in [-0.3, -0.25) is 4.79 Å². The van der Waals surface area contributed by atoms with E-state index in [1.165, 1.54) is 30.3 Å². The van der Waals surface area contributed by atoms with Gasteiger partial charge in [0.25, 0.3) is 0 Å². The van der Waals surface area contributed by atoms with Gasteiger partial charge in [-0.1, -0.05) is 18.2 Å². The summed E-state index contributed by atoms with van der Waals surface area (Å²) in [6, 6.07) is 9.56. The Balaban J connectivity index is 2.12. The van der Waals surface area contributed by atoms with Gasteiger partial charge < -0.3 is 15.5 Å². The molecule has 2 aromatic carbocycles. The standard InChI is InChI=1S/C15H12FNO4/c16-12-4-2-1-3-9(12)7-14(19)17-10-5-6-13(18)11(8-10)15(20)21/h1-6,8,18H,7H2,(H,17,19)(H,20,21). The molecule has 0 atom stereocenters. The maximum Gasteiger partial charge on any atom is 0.339 e. The van der Waals surface area contributed by atoms with Gasteiger partial charge in [0.15, 0.2) is 0 Å². The van der Waals surface area contributed by atoms with E-state index >= 15 is 0 Å². The van der Waals surface area contributed by atoms with E-state index in [4.69, 9.17) is 5.11 Å². The van der Waals surface area contributed by atoms with Crippen LogP contribution in [0.5, 0.6) is 5.75 Å². The summed E-state index contributed by atoms with van der Waals surface area (Å²) in [5.74, 6) is -2.67. The zero-order valence-electron chi connectivity index (χ0n) is 10.8. The van der Waals surface area contributed by atoms with Crippen molar-refractivity contribution in [3.63, 3.8) is 0 Å². The van der Waals surface area contributed by atoms with Crippen molar-refractivity contribution in [3.05, 3.63) is 59.4 Å². The third kappa shape index (κ3) is 3.56. The molecule has 2 aromatic rings. The molecule has 5 nitrogen and oxygen atoms in total. The van der Waals surface area contributed by atoms with Crippen molar-refractivity contribution in [2.45, 2.75) is 6.42 Å². The third-order valence-corrected chi connectivity index (χ3v) is 2.82. The van der Waals surface area contributed by atoms with Crippen molar-refractivity contribution in [2.24, 2.45) is 0 Å². The Morgan fingerprint density at radius 3 is 2.52 bits per heavy atom. The summed E-state index contributed by atoms with van der Waals surface area (Å²) in [5.41, 5.74) is 0.137. The Bertz CT molecular complexity index is 700. The van der Waals surface area contributed by atoms with Crippen LogP contribution in [0.4, 0.5) is 10.1 Å². The van der Waals surface area contributed by atoms with Crippen LogP contribution in [0.15, 0.2) is 42.5 Å². The SMILES string of the molecule is O=C(Cc1ccccc1F)Nc1ccc(O)c(C(=O)O)c1. The largest absolute Gasteiger partial charge is 0.507 e. The van der Waals surface area contributed by atoms with Crippen LogP contribution in [-0.2, 0) is 11.2 Å². The van der Waals surface area contributed by atoms with Gasteiger partial charge in [-0.2, -0.15) is 0 Å². The van der Waals surface area contributed by atoms with Gasteiger partial charge in [0.2, 0.25) is 5.91 Å². The Morgan fingerprint density at radius 1 is 1.14 bits per heavy atom. The minimum atomic E-state index is -1.31. The molecule has 3 N–H and O–H groups in total. The normalized spacial score (nSPS) is 10.1. The molecule has 0 fully saturated rings. The first-order chi connectivity index (χ1) is 9.97. The van der Waals surface area contributed by atoms with Crippen molar-refractivity contribution in [2.75, 3.05) is 5.32 Å². The number of aromatic hydroxyl groups is 1. The lowest BCUT2D eigenvalue weighted by Gasteiger charge is -2.08. The van der Waals surface area contributed by atoms with Crippen LogP contribution in [0, 0.1) is 5.82 Å². The minimum absolute atomic E-state index is 0.171. The Hall–Kier alpha value is -2.89. The first-order valence-corrected chi connectivity index (χ1v) is 6.07. The van der Waals surface area contributed by atoms with Crippen molar-refractivity contribution in [1.29, 1.82) is 0 Å². The molecule has 21 heavy (non-hydrogen) atoms. The number of phenols is 1. The molecule has 1 amide bonds.